The van der Waals surface area contributed by atoms with Crippen LogP contribution in [0.1, 0.15) is 18.3 Å². The van der Waals surface area contributed by atoms with Crippen LogP contribution >= 0.6 is 0 Å². The third kappa shape index (κ3) is 1.67. The van der Waals surface area contributed by atoms with Gasteiger partial charge < -0.3 is 5.73 Å². The first-order valence-corrected chi connectivity index (χ1v) is 3.67. The average Bonchev–Trinajstić information content (AvgIpc) is 2.04. The van der Waals surface area contributed by atoms with E-state index in [2.05, 4.69) is 16.9 Å². The van der Waals surface area contributed by atoms with Gasteiger partial charge in [-0.2, -0.15) is 0 Å². The lowest BCUT2D eigenvalue weighted by molar-refractivity contribution is 0.929. The van der Waals surface area contributed by atoms with Gasteiger partial charge in [-0.1, -0.05) is 6.92 Å². The van der Waals surface area contributed by atoms with Crippen LogP contribution in [0.25, 0.3) is 0 Å². The smallest absolute Gasteiger partial charge is 0.130 e. The zero-order valence-electron chi connectivity index (χ0n) is 6.67. The monoisotopic (exact) mass is 150 g/mol. The first kappa shape index (κ1) is 7.98. The molecule has 0 unspecified atom stereocenters. The van der Waals surface area contributed by atoms with Crippen molar-refractivity contribution in [3.63, 3.8) is 0 Å². The quantitative estimate of drug-likeness (QED) is 0.684. The number of rotatable bonds is 2. The van der Waals surface area contributed by atoms with Crippen LogP contribution in [-0.2, 0) is 12.8 Å². The van der Waals surface area contributed by atoms with Crippen LogP contribution in [0.4, 0.5) is 5.82 Å². The van der Waals surface area contributed by atoms with E-state index in [0.29, 0.717) is 12.2 Å². The van der Waals surface area contributed by atoms with Crippen LogP contribution in [0, 0.1) is 6.92 Å². The summed E-state index contributed by atoms with van der Waals surface area (Å²) >= 11 is 0. The fraction of sp³-hybridized carbons (Fsp3) is 0.375. The van der Waals surface area contributed by atoms with Crippen molar-refractivity contribution in [2.75, 3.05) is 5.73 Å². The maximum absolute atomic E-state index is 5.62. The number of aryl methyl sites for hydroxylation is 1. The maximum Gasteiger partial charge on any atom is 0.130 e. The number of aromatic nitrogens is 2. The van der Waals surface area contributed by atoms with E-state index in [4.69, 9.17) is 5.73 Å². The molecule has 0 atom stereocenters. The zero-order valence-corrected chi connectivity index (χ0v) is 6.67. The van der Waals surface area contributed by atoms with Crippen molar-refractivity contribution >= 4 is 5.82 Å². The highest BCUT2D eigenvalue weighted by molar-refractivity contribution is 5.37. The molecule has 1 aromatic rings. The number of nitrogens with two attached hydrogens (primary N) is 1. The van der Waals surface area contributed by atoms with Crippen LogP contribution in [0.3, 0.4) is 0 Å². The molecule has 0 aliphatic heterocycles. The van der Waals surface area contributed by atoms with Gasteiger partial charge in [0.1, 0.15) is 11.6 Å². The van der Waals surface area contributed by atoms with Gasteiger partial charge in [-0.15, -0.1) is 0 Å². The van der Waals surface area contributed by atoms with Crippen molar-refractivity contribution in [3.8, 4) is 0 Å². The van der Waals surface area contributed by atoms with Gasteiger partial charge in [0.2, 0.25) is 0 Å². The molecule has 0 saturated heterocycles. The summed E-state index contributed by atoms with van der Waals surface area (Å²) in [7, 11) is 0. The zero-order chi connectivity index (χ0) is 8.27. The fourth-order valence-electron chi connectivity index (χ4n) is 0.821. The van der Waals surface area contributed by atoms with Gasteiger partial charge in [-0.25, -0.2) is 9.97 Å². The molecular formula is C8H12N3. The second kappa shape index (κ2) is 3.32. The SMILES string of the molecule is [CH2]Cc1cnc(CC)nc1N. The van der Waals surface area contributed by atoms with E-state index in [-0.39, 0.29) is 0 Å². The van der Waals surface area contributed by atoms with Gasteiger partial charge in [0, 0.05) is 18.2 Å². The average molecular weight is 150 g/mol. The molecular weight excluding hydrogens is 138 g/mol. The number of hydrogen-bond acceptors (Lipinski definition) is 3. The van der Waals surface area contributed by atoms with Crippen molar-refractivity contribution in [1.82, 2.24) is 9.97 Å². The van der Waals surface area contributed by atoms with Gasteiger partial charge in [-0.05, 0) is 13.3 Å². The molecule has 0 aromatic carbocycles. The Balaban J connectivity index is 2.99. The Morgan fingerprint density at radius 2 is 2.36 bits per heavy atom. The molecule has 0 fully saturated rings. The molecule has 3 nitrogen and oxygen atoms in total. The summed E-state index contributed by atoms with van der Waals surface area (Å²) in [6, 6.07) is 0. The molecule has 59 valence electrons. The van der Waals surface area contributed by atoms with Gasteiger partial charge in [-0.3, -0.25) is 0 Å². The van der Waals surface area contributed by atoms with E-state index in [1.54, 1.807) is 6.20 Å². The fourth-order valence-corrected chi connectivity index (χ4v) is 0.821. The van der Waals surface area contributed by atoms with Crippen molar-refractivity contribution < 1.29 is 0 Å². The first-order chi connectivity index (χ1) is 5.27. The van der Waals surface area contributed by atoms with Crippen molar-refractivity contribution in [2.45, 2.75) is 19.8 Å². The second-order valence-electron chi connectivity index (χ2n) is 2.30. The Kier molecular flexibility index (Phi) is 2.41. The van der Waals surface area contributed by atoms with Gasteiger partial charge in [0.05, 0.1) is 0 Å². The Morgan fingerprint density at radius 1 is 1.64 bits per heavy atom. The first-order valence-electron chi connectivity index (χ1n) is 3.67. The van der Waals surface area contributed by atoms with Crippen LogP contribution in [0.2, 0.25) is 0 Å². The molecule has 0 spiro atoms. The summed E-state index contributed by atoms with van der Waals surface area (Å²) < 4.78 is 0. The molecule has 3 heteroatoms. The molecule has 0 saturated carbocycles. The topological polar surface area (TPSA) is 51.8 Å². The maximum atomic E-state index is 5.62. The summed E-state index contributed by atoms with van der Waals surface area (Å²) in [6.45, 7) is 5.71. The largest absolute Gasteiger partial charge is 0.383 e. The lowest BCUT2D eigenvalue weighted by Gasteiger charge is -2.01. The Labute approximate surface area is 66.7 Å². The summed E-state index contributed by atoms with van der Waals surface area (Å²) in [6.07, 6.45) is 3.21. The number of nitrogen functional groups attached to an aromatic ring is 1. The molecule has 0 amide bonds. The van der Waals surface area contributed by atoms with Crippen molar-refractivity contribution in [2.24, 2.45) is 0 Å². The minimum atomic E-state index is 0.562. The molecule has 0 aliphatic carbocycles. The highest BCUT2D eigenvalue weighted by Gasteiger charge is 1.99. The van der Waals surface area contributed by atoms with Crippen LogP contribution in [0.15, 0.2) is 6.20 Å². The molecule has 1 radical (unpaired) electrons. The Bertz CT molecular complexity index is 245. The molecule has 0 bridgehead atoms. The number of nitrogens with zero attached hydrogens (tertiary/aromatic N) is 2. The van der Waals surface area contributed by atoms with Crippen molar-refractivity contribution in [1.29, 1.82) is 0 Å². The molecule has 11 heavy (non-hydrogen) atoms. The van der Waals surface area contributed by atoms with E-state index >= 15 is 0 Å². The van der Waals surface area contributed by atoms with E-state index in [9.17, 15) is 0 Å². The van der Waals surface area contributed by atoms with E-state index in [0.717, 1.165) is 17.8 Å². The lowest BCUT2D eigenvalue weighted by Crippen LogP contribution is -2.02. The van der Waals surface area contributed by atoms with Crippen molar-refractivity contribution in [3.05, 3.63) is 24.5 Å². The highest BCUT2D eigenvalue weighted by atomic mass is 14.9. The number of hydrogen-bond donors (Lipinski definition) is 1. The van der Waals surface area contributed by atoms with Gasteiger partial charge in [0.25, 0.3) is 0 Å². The molecule has 0 aliphatic rings. The molecule has 1 rings (SSSR count). The molecule has 1 aromatic heterocycles. The summed E-state index contributed by atoms with van der Waals surface area (Å²) in [5, 5.41) is 0. The van der Waals surface area contributed by atoms with Crippen LogP contribution < -0.4 is 5.73 Å². The van der Waals surface area contributed by atoms with E-state index < -0.39 is 0 Å². The molecule has 1 heterocycles. The van der Waals surface area contributed by atoms with Gasteiger partial charge in [0.15, 0.2) is 0 Å². The van der Waals surface area contributed by atoms with Gasteiger partial charge >= 0.3 is 0 Å². The molecule has 2 N–H and O–H groups in total. The van der Waals surface area contributed by atoms with E-state index in [1.165, 1.54) is 0 Å². The summed E-state index contributed by atoms with van der Waals surface area (Å²) in [4.78, 5) is 8.19. The Hall–Kier alpha value is -1.12. The van der Waals surface area contributed by atoms with Crippen LogP contribution in [-0.4, -0.2) is 9.97 Å². The third-order valence-electron chi connectivity index (χ3n) is 1.53. The minimum Gasteiger partial charge on any atom is -0.383 e. The predicted octanol–water partition coefficient (Wildman–Crippen LogP) is 0.998. The normalized spacial score (nSPS) is 10.0. The number of anilines is 1. The third-order valence-corrected chi connectivity index (χ3v) is 1.53. The summed E-state index contributed by atoms with van der Waals surface area (Å²) in [5.41, 5.74) is 6.54. The minimum absolute atomic E-state index is 0.562. The standard InChI is InChI=1S/C8H12N3/c1-3-6-5-10-7(4-2)11-8(6)9/h5H,1,3-4H2,2H3,(H2,9,10,11). The predicted molar refractivity (Wildman–Crippen MR) is 44.9 cm³/mol. The Morgan fingerprint density at radius 3 is 2.82 bits per heavy atom. The van der Waals surface area contributed by atoms with E-state index in [1.807, 2.05) is 6.92 Å². The highest BCUT2D eigenvalue weighted by Crippen LogP contribution is 2.07. The lowest BCUT2D eigenvalue weighted by atomic mass is 10.2. The van der Waals surface area contributed by atoms with Crippen LogP contribution in [0.5, 0.6) is 0 Å². The summed E-state index contributed by atoms with van der Waals surface area (Å²) in [5.74, 6) is 1.35. The second-order valence-corrected chi connectivity index (χ2v) is 2.30.